The first kappa shape index (κ1) is 17.6. The molecular weight excluding hydrogens is 294 g/mol. The molecule has 7 heteroatoms. The van der Waals surface area contributed by atoms with Crippen LogP contribution < -0.4 is 0 Å². The van der Waals surface area contributed by atoms with Gasteiger partial charge in [0.2, 0.25) is 10.0 Å². The zero-order valence-electron chi connectivity index (χ0n) is 12.5. The van der Waals surface area contributed by atoms with Crippen LogP contribution in [0.1, 0.15) is 22.3 Å². The molecule has 0 fully saturated rings. The van der Waals surface area contributed by atoms with E-state index in [-0.39, 0.29) is 5.75 Å². The quantitative estimate of drug-likeness (QED) is 0.533. The molecule has 0 saturated carbocycles. The second-order valence-electron chi connectivity index (χ2n) is 4.61. The number of carbonyl (C=O) groups excluding carboxylic acids is 1. The number of ether oxygens (including phenoxy) is 2. The van der Waals surface area contributed by atoms with E-state index in [2.05, 4.69) is 4.74 Å². The Bertz CT molecular complexity index is 553. The molecule has 0 bridgehead atoms. The maximum atomic E-state index is 12.2. The van der Waals surface area contributed by atoms with Gasteiger partial charge in [0, 0.05) is 27.3 Å². The molecule has 0 aliphatic rings. The average molecular weight is 315 g/mol. The van der Waals surface area contributed by atoms with Crippen molar-refractivity contribution in [3.05, 3.63) is 35.4 Å². The molecule has 0 aliphatic heterocycles. The molecule has 0 unspecified atom stereocenters. The van der Waals surface area contributed by atoms with E-state index in [0.29, 0.717) is 30.7 Å². The monoisotopic (exact) mass is 315 g/mol. The van der Waals surface area contributed by atoms with Crippen LogP contribution in [0.2, 0.25) is 0 Å². The normalized spacial score (nSPS) is 11.6. The Morgan fingerprint density at radius 1 is 1.19 bits per heavy atom. The Labute approximate surface area is 125 Å². The summed E-state index contributed by atoms with van der Waals surface area (Å²) in [6.45, 7) is 0.935. The Morgan fingerprint density at radius 2 is 1.81 bits per heavy atom. The van der Waals surface area contributed by atoms with Crippen molar-refractivity contribution < 1.29 is 22.7 Å². The van der Waals surface area contributed by atoms with Gasteiger partial charge in [-0.05, 0) is 24.1 Å². The number of sulfonamides is 1. The average Bonchev–Trinajstić information content (AvgIpc) is 2.47. The van der Waals surface area contributed by atoms with E-state index in [1.807, 2.05) is 0 Å². The second-order valence-corrected chi connectivity index (χ2v) is 6.69. The highest BCUT2D eigenvalue weighted by molar-refractivity contribution is 7.88. The van der Waals surface area contributed by atoms with E-state index in [1.54, 1.807) is 38.4 Å². The van der Waals surface area contributed by atoms with E-state index >= 15 is 0 Å². The molecule has 0 radical (unpaired) electrons. The zero-order chi connectivity index (χ0) is 15.9. The molecule has 0 N–H and O–H groups in total. The number of rotatable bonds is 8. The zero-order valence-corrected chi connectivity index (χ0v) is 13.4. The van der Waals surface area contributed by atoms with Gasteiger partial charge in [-0.3, -0.25) is 0 Å². The third-order valence-corrected chi connectivity index (χ3v) is 4.85. The fourth-order valence-corrected chi connectivity index (χ4v) is 2.99. The van der Waals surface area contributed by atoms with Gasteiger partial charge in [0.05, 0.1) is 18.4 Å². The van der Waals surface area contributed by atoms with Crippen molar-refractivity contribution in [3.8, 4) is 0 Å². The van der Waals surface area contributed by atoms with E-state index in [0.717, 1.165) is 0 Å². The molecule has 0 spiro atoms. The molecule has 0 aromatic heterocycles. The first-order valence-corrected chi connectivity index (χ1v) is 8.12. The molecule has 21 heavy (non-hydrogen) atoms. The number of esters is 1. The lowest BCUT2D eigenvalue weighted by molar-refractivity contribution is 0.0600. The first-order chi connectivity index (χ1) is 9.90. The van der Waals surface area contributed by atoms with Crippen LogP contribution in [0.15, 0.2) is 24.3 Å². The molecule has 0 amide bonds. The minimum absolute atomic E-state index is 0.0993. The number of methoxy groups -OCH3 is 2. The fraction of sp³-hybridized carbons (Fsp3) is 0.500. The summed E-state index contributed by atoms with van der Waals surface area (Å²) >= 11 is 0. The third kappa shape index (κ3) is 5.45. The molecular formula is C14H21NO5S. The predicted molar refractivity (Wildman–Crippen MR) is 79.5 cm³/mol. The number of nitrogens with zero attached hydrogens (tertiary/aromatic N) is 1. The molecule has 0 aliphatic carbocycles. The van der Waals surface area contributed by atoms with Crippen molar-refractivity contribution in [1.82, 2.24) is 4.31 Å². The van der Waals surface area contributed by atoms with Gasteiger partial charge in [-0.1, -0.05) is 12.1 Å². The smallest absolute Gasteiger partial charge is 0.337 e. The topological polar surface area (TPSA) is 72.9 Å². The van der Waals surface area contributed by atoms with Crippen molar-refractivity contribution in [1.29, 1.82) is 0 Å². The van der Waals surface area contributed by atoms with Crippen LogP contribution in [-0.4, -0.2) is 53.1 Å². The van der Waals surface area contributed by atoms with E-state index in [1.165, 1.54) is 11.4 Å². The summed E-state index contributed by atoms with van der Waals surface area (Å²) < 4.78 is 35.1. The van der Waals surface area contributed by atoms with Crippen LogP contribution in [0.4, 0.5) is 0 Å². The van der Waals surface area contributed by atoms with Gasteiger partial charge in [0.25, 0.3) is 0 Å². The Kier molecular flexibility index (Phi) is 6.80. The molecule has 0 atom stereocenters. The molecule has 1 aromatic carbocycles. The minimum atomic E-state index is -3.37. The second kappa shape index (κ2) is 8.11. The maximum Gasteiger partial charge on any atom is 0.337 e. The number of carbonyl (C=O) groups is 1. The van der Waals surface area contributed by atoms with Crippen LogP contribution in [0.5, 0.6) is 0 Å². The van der Waals surface area contributed by atoms with E-state index in [9.17, 15) is 13.2 Å². The van der Waals surface area contributed by atoms with Crippen molar-refractivity contribution in [3.63, 3.8) is 0 Å². The van der Waals surface area contributed by atoms with Crippen LogP contribution >= 0.6 is 0 Å². The van der Waals surface area contributed by atoms with Crippen molar-refractivity contribution in [2.75, 3.05) is 34.4 Å². The van der Waals surface area contributed by atoms with Crippen molar-refractivity contribution >= 4 is 16.0 Å². The summed E-state index contributed by atoms with van der Waals surface area (Å²) in [7, 11) is 1.06. The highest BCUT2D eigenvalue weighted by Crippen LogP contribution is 2.12. The van der Waals surface area contributed by atoms with Gasteiger partial charge < -0.3 is 9.47 Å². The van der Waals surface area contributed by atoms with Crippen LogP contribution in [0.3, 0.4) is 0 Å². The van der Waals surface area contributed by atoms with Crippen molar-refractivity contribution in [2.45, 2.75) is 12.2 Å². The lowest BCUT2D eigenvalue weighted by Gasteiger charge is -2.17. The third-order valence-electron chi connectivity index (χ3n) is 3.02. The fourth-order valence-electron chi connectivity index (χ4n) is 1.75. The van der Waals surface area contributed by atoms with Gasteiger partial charge in [0.15, 0.2) is 0 Å². The van der Waals surface area contributed by atoms with Gasteiger partial charge >= 0.3 is 5.97 Å². The maximum absolute atomic E-state index is 12.2. The number of hydrogen-bond donors (Lipinski definition) is 0. The molecule has 6 nitrogen and oxygen atoms in total. The largest absolute Gasteiger partial charge is 0.465 e. The molecule has 1 aromatic rings. The van der Waals surface area contributed by atoms with Gasteiger partial charge in [-0.15, -0.1) is 0 Å². The van der Waals surface area contributed by atoms with Gasteiger partial charge in [0.1, 0.15) is 0 Å². The van der Waals surface area contributed by atoms with Gasteiger partial charge in [-0.2, -0.15) is 0 Å². The Balaban J connectivity index is 2.68. The molecule has 1 rings (SSSR count). The Hall–Kier alpha value is -1.44. The van der Waals surface area contributed by atoms with Crippen LogP contribution in [0.25, 0.3) is 0 Å². The summed E-state index contributed by atoms with van der Waals surface area (Å²) in [6.07, 6.45) is 0.646. The lowest BCUT2D eigenvalue weighted by atomic mass is 10.1. The lowest BCUT2D eigenvalue weighted by Crippen LogP contribution is -2.29. The summed E-state index contributed by atoms with van der Waals surface area (Å²) in [5, 5.41) is 0. The SMILES string of the molecule is COCCCN(C)S(=O)(=O)Cc1ccc(C(=O)OC)cc1. The van der Waals surface area contributed by atoms with Crippen LogP contribution in [0, 0.1) is 0 Å². The predicted octanol–water partition coefficient (Wildman–Crippen LogP) is 1.27. The molecule has 118 valence electrons. The van der Waals surface area contributed by atoms with Crippen molar-refractivity contribution in [2.24, 2.45) is 0 Å². The first-order valence-electron chi connectivity index (χ1n) is 6.51. The summed E-state index contributed by atoms with van der Waals surface area (Å²) in [5.74, 6) is -0.543. The summed E-state index contributed by atoms with van der Waals surface area (Å²) in [6, 6.07) is 6.35. The van der Waals surface area contributed by atoms with E-state index in [4.69, 9.17) is 4.74 Å². The minimum Gasteiger partial charge on any atom is -0.465 e. The number of benzene rings is 1. The summed E-state index contributed by atoms with van der Waals surface area (Å²) in [5.41, 5.74) is 1.02. The van der Waals surface area contributed by atoms with Crippen LogP contribution in [-0.2, 0) is 25.2 Å². The number of hydrogen-bond acceptors (Lipinski definition) is 5. The highest BCUT2D eigenvalue weighted by Gasteiger charge is 2.18. The Morgan fingerprint density at radius 3 is 2.33 bits per heavy atom. The molecule has 0 saturated heterocycles. The highest BCUT2D eigenvalue weighted by atomic mass is 32.2. The summed E-state index contributed by atoms with van der Waals surface area (Å²) in [4.78, 5) is 11.3. The molecule has 0 heterocycles. The van der Waals surface area contributed by atoms with Gasteiger partial charge in [-0.25, -0.2) is 17.5 Å². The van der Waals surface area contributed by atoms with E-state index < -0.39 is 16.0 Å². The standard InChI is InChI=1S/C14H21NO5S/c1-15(9-4-10-19-2)21(17,18)11-12-5-7-13(8-6-12)14(16)20-3/h5-8H,4,9-11H2,1-3H3.